The van der Waals surface area contributed by atoms with Gasteiger partial charge in [-0.3, -0.25) is 9.59 Å². The highest BCUT2D eigenvalue weighted by Crippen LogP contribution is 2.39. The Bertz CT molecular complexity index is 1420. The zero-order chi connectivity index (χ0) is 22.6. The van der Waals surface area contributed by atoms with E-state index >= 15 is 0 Å². The summed E-state index contributed by atoms with van der Waals surface area (Å²) in [6.45, 7) is 3.81. The van der Waals surface area contributed by atoms with Crippen molar-refractivity contribution in [2.24, 2.45) is 0 Å². The Morgan fingerprint density at radius 1 is 0.938 bits per heavy atom. The van der Waals surface area contributed by atoms with Gasteiger partial charge in [0.05, 0.1) is 47.8 Å². The predicted octanol–water partition coefficient (Wildman–Crippen LogP) is 3.86. The third-order valence-electron chi connectivity index (χ3n) is 5.60. The van der Waals surface area contributed by atoms with Crippen LogP contribution in [-0.4, -0.2) is 40.8 Å². The van der Waals surface area contributed by atoms with Crippen LogP contribution in [0, 0.1) is 13.8 Å². The molecule has 0 bridgehead atoms. The molecule has 0 N–H and O–H groups in total. The zero-order valence-electron chi connectivity index (χ0n) is 18.0. The Morgan fingerprint density at radius 2 is 1.75 bits per heavy atom. The number of methoxy groups -OCH3 is 2. The van der Waals surface area contributed by atoms with Crippen molar-refractivity contribution in [1.82, 2.24) is 14.8 Å². The van der Waals surface area contributed by atoms with Crippen molar-refractivity contribution in [1.29, 1.82) is 0 Å². The molecule has 32 heavy (non-hydrogen) atoms. The number of imide groups is 1. The number of carbonyl (C=O) groups excluding carboxylic acids is 2. The molecule has 2 aromatic heterocycles. The number of ether oxygens (including phenoxy) is 2. The van der Waals surface area contributed by atoms with E-state index < -0.39 is 11.8 Å². The molecule has 160 valence electrons. The Kier molecular flexibility index (Phi) is 4.44. The number of hydrogen-bond donors (Lipinski definition) is 0. The van der Waals surface area contributed by atoms with Crippen LogP contribution < -0.4 is 14.4 Å². The Balaban J connectivity index is 1.69. The van der Waals surface area contributed by atoms with Gasteiger partial charge in [0.2, 0.25) is 0 Å². The van der Waals surface area contributed by atoms with Gasteiger partial charge in [0.15, 0.2) is 5.65 Å². The number of amides is 2. The van der Waals surface area contributed by atoms with Gasteiger partial charge in [-0.15, -0.1) is 0 Å². The second kappa shape index (κ2) is 7.19. The minimum atomic E-state index is -0.453. The minimum Gasteiger partial charge on any atom is -0.497 e. The van der Waals surface area contributed by atoms with E-state index in [2.05, 4.69) is 10.1 Å². The van der Waals surface area contributed by atoms with Gasteiger partial charge < -0.3 is 9.47 Å². The molecule has 0 unspecified atom stereocenters. The SMILES string of the molecule is COc1ccc(N2C(=O)c3cnc4c(c(C)nn4-c4cccc(C)c4)c3C2=O)c(OC)c1. The number of rotatable bonds is 4. The molecule has 2 amide bonds. The molecule has 1 aliphatic rings. The lowest BCUT2D eigenvalue weighted by molar-refractivity contribution is 0.0925. The minimum absolute atomic E-state index is 0.243. The first-order chi connectivity index (χ1) is 15.4. The maximum Gasteiger partial charge on any atom is 0.267 e. The van der Waals surface area contributed by atoms with Crippen molar-refractivity contribution in [2.75, 3.05) is 19.1 Å². The molecular formula is C24H20N4O4. The van der Waals surface area contributed by atoms with E-state index in [4.69, 9.17) is 9.47 Å². The molecule has 8 nitrogen and oxygen atoms in total. The summed E-state index contributed by atoms with van der Waals surface area (Å²) in [5.41, 5.74) is 3.94. The molecule has 8 heteroatoms. The Labute approximate surface area is 184 Å². The number of hydrogen-bond acceptors (Lipinski definition) is 6. The van der Waals surface area contributed by atoms with E-state index in [9.17, 15) is 9.59 Å². The predicted molar refractivity (Wildman–Crippen MR) is 119 cm³/mol. The number of benzene rings is 2. The first-order valence-electron chi connectivity index (χ1n) is 10.0. The van der Waals surface area contributed by atoms with E-state index in [1.54, 1.807) is 22.9 Å². The standard InChI is InChI=1S/C24H20N4O4/c1-13-6-5-7-15(10-13)28-22-20(14(2)26-28)21-17(12-25-22)23(29)27(24(21)30)18-9-8-16(31-3)11-19(18)32-4/h5-12H,1-4H3. The van der Waals surface area contributed by atoms with Gasteiger partial charge >= 0.3 is 0 Å². The molecule has 0 saturated heterocycles. The molecule has 4 aromatic rings. The van der Waals surface area contributed by atoms with Gasteiger partial charge in [-0.1, -0.05) is 12.1 Å². The van der Waals surface area contributed by atoms with E-state index in [-0.39, 0.29) is 5.56 Å². The summed E-state index contributed by atoms with van der Waals surface area (Å²) in [5.74, 6) is 0.0233. The lowest BCUT2D eigenvalue weighted by atomic mass is 10.1. The summed E-state index contributed by atoms with van der Waals surface area (Å²) in [7, 11) is 3.01. The van der Waals surface area contributed by atoms with Crippen LogP contribution in [0.4, 0.5) is 5.69 Å². The summed E-state index contributed by atoms with van der Waals surface area (Å²) in [4.78, 5) is 32.4. The molecular weight excluding hydrogens is 408 g/mol. The van der Waals surface area contributed by atoms with E-state index in [0.29, 0.717) is 39.5 Å². The third-order valence-corrected chi connectivity index (χ3v) is 5.60. The Hall–Kier alpha value is -4.20. The fourth-order valence-corrected chi connectivity index (χ4v) is 4.09. The molecule has 0 saturated carbocycles. The normalized spacial score (nSPS) is 13.1. The largest absolute Gasteiger partial charge is 0.497 e. The van der Waals surface area contributed by atoms with Crippen LogP contribution >= 0.6 is 0 Å². The molecule has 0 spiro atoms. The summed E-state index contributed by atoms with van der Waals surface area (Å²) < 4.78 is 12.3. The van der Waals surface area contributed by atoms with E-state index in [1.165, 1.54) is 20.4 Å². The number of carbonyl (C=O) groups is 2. The van der Waals surface area contributed by atoms with Gasteiger partial charge in [-0.2, -0.15) is 5.10 Å². The van der Waals surface area contributed by atoms with Crippen LogP contribution in [0.1, 0.15) is 32.0 Å². The summed E-state index contributed by atoms with van der Waals surface area (Å²) in [6.07, 6.45) is 1.45. The van der Waals surface area contributed by atoms with Gasteiger partial charge in [-0.25, -0.2) is 14.6 Å². The third kappa shape index (κ3) is 2.76. The van der Waals surface area contributed by atoms with Gasteiger partial charge in [0.25, 0.3) is 11.8 Å². The topological polar surface area (TPSA) is 86.5 Å². The average Bonchev–Trinajstić information content (AvgIpc) is 3.27. The van der Waals surface area contributed by atoms with Crippen LogP contribution in [-0.2, 0) is 0 Å². The molecule has 0 fully saturated rings. The smallest absolute Gasteiger partial charge is 0.267 e. The molecule has 0 radical (unpaired) electrons. The van der Waals surface area contributed by atoms with Gasteiger partial charge in [0.1, 0.15) is 11.5 Å². The monoisotopic (exact) mass is 428 g/mol. The van der Waals surface area contributed by atoms with Crippen molar-refractivity contribution < 1.29 is 19.1 Å². The fourth-order valence-electron chi connectivity index (χ4n) is 4.09. The summed E-state index contributed by atoms with van der Waals surface area (Å²) in [5, 5.41) is 5.19. The summed E-state index contributed by atoms with van der Waals surface area (Å²) >= 11 is 0. The molecule has 5 rings (SSSR count). The second-order valence-electron chi connectivity index (χ2n) is 7.57. The highest BCUT2D eigenvalue weighted by molar-refractivity contribution is 6.37. The molecule has 0 aliphatic carbocycles. The van der Waals surface area contributed by atoms with Crippen LogP contribution in [0.15, 0.2) is 48.7 Å². The van der Waals surface area contributed by atoms with Crippen molar-refractivity contribution >= 4 is 28.5 Å². The van der Waals surface area contributed by atoms with Crippen molar-refractivity contribution in [3.8, 4) is 17.2 Å². The molecule has 1 aliphatic heterocycles. The molecule has 0 atom stereocenters. The van der Waals surface area contributed by atoms with Gasteiger partial charge in [0, 0.05) is 12.3 Å². The zero-order valence-corrected chi connectivity index (χ0v) is 18.0. The number of aromatic nitrogens is 3. The van der Waals surface area contributed by atoms with Crippen LogP contribution in [0.5, 0.6) is 11.5 Å². The highest BCUT2D eigenvalue weighted by Gasteiger charge is 2.41. The average molecular weight is 428 g/mol. The molecule has 2 aromatic carbocycles. The number of pyridine rings is 1. The van der Waals surface area contributed by atoms with E-state index in [0.717, 1.165) is 16.2 Å². The van der Waals surface area contributed by atoms with E-state index in [1.807, 2.05) is 38.1 Å². The highest BCUT2D eigenvalue weighted by atomic mass is 16.5. The second-order valence-corrected chi connectivity index (χ2v) is 7.57. The lowest BCUT2D eigenvalue weighted by Crippen LogP contribution is -2.29. The van der Waals surface area contributed by atoms with Crippen molar-refractivity contribution in [3.63, 3.8) is 0 Å². The number of fused-ring (bicyclic) bond motifs is 3. The number of anilines is 1. The van der Waals surface area contributed by atoms with Gasteiger partial charge in [-0.05, 0) is 43.7 Å². The fraction of sp³-hybridized carbons (Fsp3) is 0.167. The Morgan fingerprint density at radius 3 is 2.47 bits per heavy atom. The maximum absolute atomic E-state index is 13.5. The van der Waals surface area contributed by atoms with Crippen LogP contribution in [0.2, 0.25) is 0 Å². The van der Waals surface area contributed by atoms with Crippen LogP contribution in [0.3, 0.4) is 0 Å². The summed E-state index contributed by atoms with van der Waals surface area (Å²) in [6, 6.07) is 12.8. The lowest BCUT2D eigenvalue weighted by Gasteiger charge is -2.18. The number of aryl methyl sites for hydroxylation is 2. The van der Waals surface area contributed by atoms with Crippen molar-refractivity contribution in [3.05, 3.63) is 71.0 Å². The van der Waals surface area contributed by atoms with Crippen LogP contribution in [0.25, 0.3) is 16.7 Å². The quantitative estimate of drug-likeness (QED) is 0.459. The first-order valence-corrected chi connectivity index (χ1v) is 10.0. The van der Waals surface area contributed by atoms with Crippen molar-refractivity contribution in [2.45, 2.75) is 13.8 Å². The maximum atomic E-state index is 13.5. The number of nitrogens with zero attached hydrogens (tertiary/aromatic N) is 4. The molecule has 3 heterocycles. The first kappa shape index (κ1) is 19.7.